The molecule has 0 aliphatic heterocycles. The largest absolute Gasteiger partial charge is 0.478 e. The predicted molar refractivity (Wildman–Crippen MR) is 124 cm³/mol. The van der Waals surface area contributed by atoms with E-state index in [2.05, 4.69) is 51.7 Å². The molecule has 0 bridgehead atoms. The lowest BCUT2D eigenvalue weighted by atomic mass is 9.89. The van der Waals surface area contributed by atoms with E-state index in [1.165, 1.54) is 5.69 Å². The topological polar surface area (TPSA) is 41.2 Å². The van der Waals surface area contributed by atoms with Gasteiger partial charge in [-0.1, -0.05) is 24.3 Å². The standard InChI is InChI=1S/C26H27N2O2/c1-16-14-18(28(4,5)6)15-17(2)23(16)20-11-9-13-22-24(20)25(26(29)30)19-10-7-8-12-21(19)27(22)3/h7-15H,1-6H3/q+1/p+1. The van der Waals surface area contributed by atoms with Crippen molar-refractivity contribution >= 4 is 33.5 Å². The van der Waals surface area contributed by atoms with Crippen molar-refractivity contribution in [3.63, 3.8) is 0 Å². The third-order valence-corrected chi connectivity index (χ3v) is 5.96. The fraction of sp³-hybridized carbons (Fsp3) is 0.231. The number of quaternary nitrogens is 1. The number of benzene rings is 3. The van der Waals surface area contributed by atoms with Gasteiger partial charge in [0.05, 0.1) is 37.5 Å². The Morgan fingerprint density at radius 1 is 0.900 bits per heavy atom. The van der Waals surface area contributed by atoms with Crippen molar-refractivity contribution in [1.82, 2.24) is 4.48 Å². The van der Waals surface area contributed by atoms with Crippen LogP contribution >= 0.6 is 0 Å². The van der Waals surface area contributed by atoms with Crippen molar-refractivity contribution in [2.45, 2.75) is 13.8 Å². The number of carbonyl (C=O) groups is 1. The van der Waals surface area contributed by atoms with Gasteiger partial charge in [-0.25, -0.2) is 4.79 Å². The quantitative estimate of drug-likeness (QED) is 0.299. The summed E-state index contributed by atoms with van der Waals surface area (Å²) >= 11 is 0. The molecule has 0 aliphatic carbocycles. The molecule has 0 unspecified atom stereocenters. The summed E-state index contributed by atoms with van der Waals surface area (Å²) < 4.78 is 2.82. The van der Waals surface area contributed by atoms with Crippen molar-refractivity contribution in [1.29, 1.82) is 0 Å². The Labute approximate surface area is 177 Å². The lowest BCUT2D eigenvalue weighted by Crippen LogP contribution is -2.34. The van der Waals surface area contributed by atoms with E-state index < -0.39 is 5.97 Å². The van der Waals surface area contributed by atoms with Crippen LogP contribution in [0.15, 0.2) is 54.6 Å². The minimum Gasteiger partial charge on any atom is -0.478 e. The van der Waals surface area contributed by atoms with E-state index >= 15 is 0 Å². The summed E-state index contributed by atoms with van der Waals surface area (Å²) in [5.74, 6) is -0.900. The van der Waals surface area contributed by atoms with E-state index in [0.717, 1.165) is 48.5 Å². The maximum atomic E-state index is 12.5. The molecule has 0 amide bonds. The summed E-state index contributed by atoms with van der Waals surface area (Å²) in [7, 11) is 8.46. The highest BCUT2D eigenvalue weighted by molar-refractivity contribution is 6.16. The predicted octanol–water partition coefficient (Wildman–Crippen LogP) is 5.00. The molecule has 4 nitrogen and oxygen atoms in total. The van der Waals surface area contributed by atoms with Crippen LogP contribution in [0.1, 0.15) is 21.5 Å². The van der Waals surface area contributed by atoms with Crippen LogP contribution in [0.5, 0.6) is 0 Å². The highest BCUT2D eigenvalue weighted by atomic mass is 16.4. The Hall–Kier alpha value is -3.24. The van der Waals surface area contributed by atoms with Crippen LogP contribution < -0.4 is 9.05 Å². The van der Waals surface area contributed by atoms with Gasteiger partial charge in [-0.2, -0.15) is 4.57 Å². The van der Waals surface area contributed by atoms with Gasteiger partial charge in [0, 0.05) is 24.3 Å². The minimum absolute atomic E-state index is 0.365. The Kier molecular flexibility index (Phi) is 4.63. The highest BCUT2D eigenvalue weighted by Crippen LogP contribution is 2.38. The van der Waals surface area contributed by atoms with Crippen LogP contribution in [0.25, 0.3) is 32.9 Å². The molecule has 4 heteroatoms. The molecule has 0 fully saturated rings. The van der Waals surface area contributed by atoms with Gasteiger partial charge in [0.25, 0.3) is 0 Å². The van der Waals surface area contributed by atoms with E-state index in [-0.39, 0.29) is 0 Å². The van der Waals surface area contributed by atoms with E-state index in [9.17, 15) is 9.90 Å². The average Bonchev–Trinajstić information content (AvgIpc) is 2.67. The van der Waals surface area contributed by atoms with Crippen molar-refractivity contribution in [3.05, 3.63) is 71.3 Å². The number of pyridine rings is 1. The van der Waals surface area contributed by atoms with Gasteiger partial charge in [-0.15, -0.1) is 0 Å². The normalized spacial score (nSPS) is 11.9. The van der Waals surface area contributed by atoms with E-state index in [4.69, 9.17) is 0 Å². The Morgan fingerprint density at radius 2 is 1.50 bits per heavy atom. The van der Waals surface area contributed by atoms with Crippen LogP contribution in [-0.4, -0.2) is 32.2 Å². The van der Waals surface area contributed by atoms with Gasteiger partial charge >= 0.3 is 5.97 Å². The molecule has 30 heavy (non-hydrogen) atoms. The SMILES string of the molecule is Cc1cc([N+](C)(C)C)cc(C)c1-c1cccc2c1c(C(=O)O)c1ccccc1[n+]2C. The number of aryl methyl sites for hydroxylation is 3. The van der Waals surface area contributed by atoms with Crippen molar-refractivity contribution in [3.8, 4) is 11.1 Å². The molecular weight excluding hydrogens is 372 g/mol. The lowest BCUT2D eigenvalue weighted by Gasteiger charge is -2.25. The fourth-order valence-corrected chi connectivity index (χ4v) is 4.51. The average molecular weight is 401 g/mol. The second-order valence-electron chi connectivity index (χ2n) is 8.92. The van der Waals surface area contributed by atoms with Crippen LogP contribution in [0, 0.1) is 13.8 Å². The molecule has 0 radical (unpaired) electrons. The van der Waals surface area contributed by atoms with Crippen LogP contribution in [0.4, 0.5) is 5.69 Å². The fourth-order valence-electron chi connectivity index (χ4n) is 4.51. The van der Waals surface area contributed by atoms with Gasteiger partial charge in [0.2, 0.25) is 11.0 Å². The number of hydrogen-bond acceptors (Lipinski definition) is 1. The molecule has 4 rings (SSSR count). The third kappa shape index (κ3) is 3.04. The molecule has 3 aromatic carbocycles. The summed E-state index contributed by atoms with van der Waals surface area (Å²) in [5, 5.41) is 11.8. The van der Waals surface area contributed by atoms with Gasteiger partial charge in [0.15, 0.2) is 0 Å². The molecule has 0 aliphatic rings. The van der Waals surface area contributed by atoms with Gasteiger partial charge in [0.1, 0.15) is 12.7 Å². The number of aromatic carboxylic acids is 1. The highest BCUT2D eigenvalue weighted by Gasteiger charge is 2.26. The third-order valence-electron chi connectivity index (χ3n) is 5.96. The van der Waals surface area contributed by atoms with Crippen LogP contribution in [-0.2, 0) is 7.05 Å². The number of carboxylic acids is 1. The number of hydrogen-bond donors (Lipinski definition) is 1. The first-order chi connectivity index (χ1) is 14.1. The first-order valence-corrected chi connectivity index (χ1v) is 10.1. The summed E-state index contributed by atoms with van der Waals surface area (Å²) in [6.45, 7) is 4.23. The second-order valence-corrected chi connectivity index (χ2v) is 8.92. The summed E-state index contributed by atoms with van der Waals surface area (Å²) in [4.78, 5) is 12.5. The van der Waals surface area contributed by atoms with Crippen LogP contribution in [0.3, 0.4) is 0 Å². The second kappa shape index (κ2) is 6.92. The first-order valence-electron chi connectivity index (χ1n) is 10.1. The Bertz CT molecular complexity index is 1310. The van der Waals surface area contributed by atoms with E-state index in [1.807, 2.05) is 49.5 Å². The summed E-state index contributed by atoms with van der Waals surface area (Å²) in [5.41, 5.74) is 7.79. The number of carboxylic acid groups (broad SMARTS) is 1. The van der Waals surface area contributed by atoms with Crippen LogP contribution in [0.2, 0.25) is 0 Å². The van der Waals surface area contributed by atoms with Crippen molar-refractivity contribution in [2.24, 2.45) is 7.05 Å². The molecule has 1 N–H and O–H groups in total. The minimum atomic E-state index is -0.900. The zero-order chi connectivity index (χ0) is 21.8. The molecule has 0 spiro atoms. The zero-order valence-corrected chi connectivity index (χ0v) is 18.4. The van der Waals surface area contributed by atoms with Crippen molar-refractivity contribution < 1.29 is 14.5 Å². The summed E-state index contributed by atoms with van der Waals surface area (Å²) in [6.07, 6.45) is 0. The molecule has 0 saturated carbocycles. The van der Waals surface area contributed by atoms with Gasteiger partial charge in [-0.3, -0.25) is 4.48 Å². The monoisotopic (exact) mass is 400 g/mol. The molecule has 0 saturated heterocycles. The number of fused-ring (bicyclic) bond motifs is 2. The maximum Gasteiger partial charge on any atom is 0.337 e. The maximum absolute atomic E-state index is 12.5. The molecular formula is C26H28N2O2+2. The molecule has 152 valence electrons. The Morgan fingerprint density at radius 3 is 2.10 bits per heavy atom. The number of para-hydroxylation sites is 1. The van der Waals surface area contributed by atoms with Crippen molar-refractivity contribution in [2.75, 3.05) is 21.1 Å². The number of aromatic nitrogens is 1. The number of rotatable bonds is 3. The Balaban J connectivity index is 2.18. The lowest BCUT2D eigenvalue weighted by molar-refractivity contribution is -0.617. The molecule has 0 atom stereocenters. The summed E-state index contributed by atoms with van der Waals surface area (Å²) in [6, 6.07) is 18.2. The number of nitrogens with zero attached hydrogens (tertiary/aromatic N) is 2. The first kappa shape index (κ1) is 20.0. The zero-order valence-electron chi connectivity index (χ0n) is 18.4. The molecule has 1 aromatic heterocycles. The molecule has 1 heterocycles. The smallest absolute Gasteiger partial charge is 0.337 e. The van der Waals surface area contributed by atoms with Gasteiger partial charge in [-0.05, 0) is 42.2 Å². The van der Waals surface area contributed by atoms with Gasteiger partial charge < -0.3 is 5.11 Å². The van der Waals surface area contributed by atoms with E-state index in [0.29, 0.717) is 5.56 Å². The molecule has 4 aromatic rings. The van der Waals surface area contributed by atoms with E-state index in [1.54, 1.807) is 0 Å².